The molecular weight excluding hydrogens is 242 g/mol. The van der Waals surface area contributed by atoms with Gasteiger partial charge in [-0.1, -0.05) is 72.1 Å². The Balaban J connectivity index is 2.75. The van der Waals surface area contributed by atoms with Crippen LogP contribution in [-0.4, -0.2) is 12.3 Å². The van der Waals surface area contributed by atoms with Crippen molar-refractivity contribution in [1.82, 2.24) is 0 Å². The van der Waals surface area contributed by atoms with E-state index in [9.17, 15) is 0 Å². The van der Waals surface area contributed by atoms with Gasteiger partial charge in [0.1, 0.15) is 0 Å². The number of hydrogen-bond acceptors (Lipinski definition) is 1. The second-order valence-electron chi connectivity index (χ2n) is 6.82. The lowest BCUT2D eigenvalue weighted by molar-refractivity contribution is 0.321. The smallest absolute Gasteiger partial charge is 0.0493 e. The second-order valence-corrected chi connectivity index (χ2v) is 6.82. The molecule has 1 aliphatic heterocycles. The van der Waals surface area contributed by atoms with Crippen molar-refractivity contribution in [3.8, 4) is 0 Å². The first-order chi connectivity index (χ1) is 9.76. The quantitative estimate of drug-likeness (QED) is 0.540. The van der Waals surface area contributed by atoms with E-state index < -0.39 is 0 Å². The lowest BCUT2D eigenvalue weighted by atomic mass is 9.76. The van der Waals surface area contributed by atoms with E-state index in [4.69, 9.17) is 4.99 Å². The number of hydrogen-bond donors (Lipinski definition) is 0. The average molecular weight is 280 g/mol. The van der Waals surface area contributed by atoms with Crippen molar-refractivity contribution < 1.29 is 0 Å². The molecule has 0 amide bonds. The van der Waals surface area contributed by atoms with Gasteiger partial charge in [-0.05, 0) is 32.1 Å². The summed E-state index contributed by atoms with van der Waals surface area (Å²) >= 11 is 0. The van der Waals surface area contributed by atoms with Crippen LogP contribution in [0.3, 0.4) is 0 Å². The maximum atomic E-state index is 5.03. The third-order valence-electron chi connectivity index (χ3n) is 5.22. The lowest BCUT2D eigenvalue weighted by Crippen LogP contribution is -2.23. The van der Waals surface area contributed by atoms with E-state index in [1.54, 1.807) is 0 Å². The van der Waals surface area contributed by atoms with Crippen molar-refractivity contribution >= 4 is 6.21 Å². The standard InChI is InChI=1S/C19H37N/c1-4-7-15-19(6-3)16-13-11-9-8-10-12-14-18(5-2)20-17-19/h17-18H,4-16H2,1-3H3/b20-17+. The fraction of sp³-hybridized carbons (Fsp3) is 0.947. The van der Waals surface area contributed by atoms with Gasteiger partial charge in [0.15, 0.2) is 0 Å². The fourth-order valence-corrected chi connectivity index (χ4v) is 3.44. The largest absolute Gasteiger partial charge is 0.294 e. The first kappa shape index (κ1) is 17.7. The van der Waals surface area contributed by atoms with Crippen LogP contribution < -0.4 is 0 Å². The van der Waals surface area contributed by atoms with E-state index in [1.165, 1.54) is 83.5 Å². The Bertz CT molecular complexity index is 258. The number of rotatable bonds is 5. The Morgan fingerprint density at radius 2 is 1.70 bits per heavy atom. The lowest BCUT2D eigenvalue weighted by Gasteiger charge is -2.30. The van der Waals surface area contributed by atoms with Crippen molar-refractivity contribution in [1.29, 1.82) is 0 Å². The van der Waals surface area contributed by atoms with Crippen LogP contribution in [0.2, 0.25) is 0 Å². The van der Waals surface area contributed by atoms with Crippen molar-refractivity contribution in [3.63, 3.8) is 0 Å². The van der Waals surface area contributed by atoms with Crippen molar-refractivity contribution in [3.05, 3.63) is 0 Å². The van der Waals surface area contributed by atoms with Crippen molar-refractivity contribution in [2.45, 2.75) is 110 Å². The molecule has 0 N–H and O–H groups in total. The molecule has 0 fully saturated rings. The van der Waals surface area contributed by atoms with Gasteiger partial charge >= 0.3 is 0 Å². The SMILES string of the molecule is CCCCC1(CC)/C=N/C(CC)CCCCCCCC1. The zero-order chi connectivity index (χ0) is 14.7. The van der Waals surface area contributed by atoms with Crippen LogP contribution in [0.5, 0.6) is 0 Å². The van der Waals surface area contributed by atoms with Gasteiger partial charge in [0.05, 0.1) is 0 Å². The summed E-state index contributed by atoms with van der Waals surface area (Å²) in [5.41, 5.74) is 0.405. The van der Waals surface area contributed by atoms with E-state index in [2.05, 4.69) is 27.0 Å². The minimum atomic E-state index is 0.405. The molecule has 0 aliphatic carbocycles. The summed E-state index contributed by atoms with van der Waals surface area (Å²) in [5, 5.41) is 0. The van der Waals surface area contributed by atoms with Crippen LogP contribution in [0.15, 0.2) is 4.99 Å². The van der Waals surface area contributed by atoms with Gasteiger partial charge in [0.2, 0.25) is 0 Å². The molecule has 20 heavy (non-hydrogen) atoms. The number of unbranched alkanes of at least 4 members (excludes halogenated alkanes) is 1. The van der Waals surface area contributed by atoms with Crippen LogP contribution in [0, 0.1) is 5.41 Å². The summed E-state index contributed by atoms with van der Waals surface area (Å²) in [6.07, 6.45) is 20.1. The molecule has 0 spiro atoms. The third kappa shape index (κ3) is 6.41. The maximum Gasteiger partial charge on any atom is 0.0493 e. The first-order valence-electron chi connectivity index (χ1n) is 9.30. The van der Waals surface area contributed by atoms with E-state index in [-0.39, 0.29) is 0 Å². The highest BCUT2D eigenvalue weighted by Crippen LogP contribution is 2.34. The summed E-state index contributed by atoms with van der Waals surface area (Å²) < 4.78 is 0. The highest BCUT2D eigenvalue weighted by atomic mass is 14.8. The van der Waals surface area contributed by atoms with Crippen LogP contribution in [0.4, 0.5) is 0 Å². The van der Waals surface area contributed by atoms with Gasteiger partial charge < -0.3 is 0 Å². The predicted molar refractivity (Wildman–Crippen MR) is 91.8 cm³/mol. The molecule has 0 bridgehead atoms. The van der Waals surface area contributed by atoms with Gasteiger partial charge in [0, 0.05) is 17.7 Å². The van der Waals surface area contributed by atoms with Crippen LogP contribution in [0.25, 0.3) is 0 Å². The highest BCUT2D eigenvalue weighted by molar-refractivity contribution is 5.66. The summed E-state index contributed by atoms with van der Waals surface area (Å²) in [5.74, 6) is 0. The van der Waals surface area contributed by atoms with Gasteiger partial charge in [-0.15, -0.1) is 0 Å². The molecule has 1 nitrogen and oxygen atoms in total. The second kappa shape index (κ2) is 10.4. The Hall–Kier alpha value is -0.330. The van der Waals surface area contributed by atoms with Gasteiger partial charge in [0.25, 0.3) is 0 Å². The third-order valence-corrected chi connectivity index (χ3v) is 5.22. The minimum Gasteiger partial charge on any atom is -0.294 e. The molecule has 0 aromatic heterocycles. The summed E-state index contributed by atoms with van der Waals surface area (Å²) in [6.45, 7) is 6.98. The molecule has 1 aliphatic rings. The first-order valence-corrected chi connectivity index (χ1v) is 9.30. The number of nitrogens with zero attached hydrogens (tertiary/aromatic N) is 1. The zero-order valence-electron chi connectivity index (χ0n) is 14.3. The molecular formula is C19H37N. The zero-order valence-corrected chi connectivity index (χ0v) is 14.3. The van der Waals surface area contributed by atoms with E-state index >= 15 is 0 Å². The van der Waals surface area contributed by atoms with Gasteiger partial charge in [-0.3, -0.25) is 4.99 Å². The molecule has 0 radical (unpaired) electrons. The Kier molecular flexibility index (Phi) is 9.22. The Morgan fingerprint density at radius 1 is 1.00 bits per heavy atom. The molecule has 0 saturated carbocycles. The molecule has 118 valence electrons. The molecule has 2 unspecified atom stereocenters. The maximum absolute atomic E-state index is 5.03. The monoisotopic (exact) mass is 279 g/mol. The molecule has 1 heterocycles. The van der Waals surface area contributed by atoms with E-state index in [1.807, 2.05) is 0 Å². The highest BCUT2D eigenvalue weighted by Gasteiger charge is 2.25. The summed E-state index contributed by atoms with van der Waals surface area (Å²) in [4.78, 5) is 5.03. The molecule has 2 atom stereocenters. The van der Waals surface area contributed by atoms with Crippen molar-refractivity contribution in [2.24, 2.45) is 10.4 Å². The molecule has 0 aromatic rings. The fourth-order valence-electron chi connectivity index (χ4n) is 3.44. The Labute approximate surface area is 127 Å². The topological polar surface area (TPSA) is 12.4 Å². The van der Waals surface area contributed by atoms with E-state index in [0.29, 0.717) is 11.5 Å². The van der Waals surface area contributed by atoms with Crippen LogP contribution in [-0.2, 0) is 0 Å². The van der Waals surface area contributed by atoms with Gasteiger partial charge in [-0.2, -0.15) is 0 Å². The summed E-state index contributed by atoms with van der Waals surface area (Å²) in [6, 6.07) is 0.585. The normalized spacial score (nSPS) is 31.2. The molecule has 1 rings (SSSR count). The van der Waals surface area contributed by atoms with Crippen molar-refractivity contribution in [2.75, 3.05) is 0 Å². The minimum absolute atomic E-state index is 0.405. The molecule has 0 saturated heterocycles. The Morgan fingerprint density at radius 3 is 2.35 bits per heavy atom. The number of aliphatic imine (C=N–C) groups is 1. The molecule has 1 heteroatoms. The molecule has 0 aromatic carbocycles. The summed E-state index contributed by atoms with van der Waals surface area (Å²) in [7, 11) is 0. The van der Waals surface area contributed by atoms with E-state index in [0.717, 1.165) is 0 Å². The van der Waals surface area contributed by atoms with Gasteiger partial charge in [-0.25, -0.2) is 0 Å². The predicted octanol–water partition coefficient (Wildman–Crippen LogP) is 6.56. The van der Waals surface area contributed by atoms with Crippen LogP contribution >= 0.6 is 0 Å². The van der Waals surface area contributed by atoms with Crippen LogP contribution in [0.1, 0.15) is 104 Å². The average Bonchev–Trinajstić information content (AvgIpc) is 2.47.